The van der Waals surface area contributed by atoms with Crippen molar-refractivity contribution in [1.82, 2.24) is 5.32 Å². The Morgan fingerprint density at radius 3 is 2.21 bits per heavy atom. The first kappa shape index (κ1) is 20.2. The lowest BCUT2D eigenvalue weighted by Crippen LogP contribution is -2.39. The molecule has 1 N–H and O–H groups in total. The SMILES string of the molecule is O=C(OCc1ccc(F)cc1)[C@H](Cc1ccccc1)NCc1ccc(Br)cc1. The summed E-state index contributed by atoms with van der Waals surface area (Å²) in [5, 5.41) is 3.30. The Balaban J connectivity index is 1.64. The molecular formula is C23H21BrFNO2. The molecule has 0 aliphatic heterocycles. The van der Waals surface area contributed by atoms with E-state index in [1.165, 1.54) is 12.1 Å². The summed E-state index contributed by atoms with van der Waals surface area (Å²) in [6.07, 6.45) is 0.527. The fraction of sp³-hybridized carbons (Fsp3) is 0.174. The van der Waals surface area contributed by atoms with Gasteiger partial charge in [-0.05, 0) is 47.4 Å². The number of halogens is 2. The number of rotatable bonds is 8. The molecule has 0 saturated carbocycles. The van der Waals surface area contributed by atoms with E-state index in [1.807, 2.05) is 54.6 Å². The summed E-state index contributed by atoms with van der Waals surface area (Å²) >= 11 is 3.42. The fourth-order valence-electron chi connectivity index (χ4n) is 2.77. The minimum atomic E-state index is -0.480. The predicted molar refractivity (Wildman–Crippen MR) is 111 cm³/mol. The van der Waals surface area contributed by atoms with Crippen LogP contribution in [0.1, 0.15) is 16.7 Å². The number of hydrogen-bond acceptors (Lipinski definition) is 3. The lowest BCUT2D eigenvalue weighted by atomic mass is 10.1. The standard InChI is InChI=1S/C23H21BrFNO2/c24-20-10-6-18(7-11-20)15-26-22(14-17-4-2-1-3-5-17)23(27)28-16-19-8-12-21(25)13-9-19/h1-13,22,26H,14-16H2/t22-/m0/s1. The summed E-state index contributed by atoms with van der Waals surface area (Å²) in [4.78, 5) is 12.7. The third-order valence-electron chi connectivity index (χ3n) is 4.33. The van der Waals surface area contributed by atoms with E-state index in [4.69, 9.17) is 4.74 Å². The molecule has 0 saturated heterocycles. The topological polar surface area (TPSA) is 38.3 Å². The largest absolute Gasteiger partial charge is 0.460 e. The molecule has 0 bridgehead atoms. The van der Waals surface area contributed by atoms with Crippen molar-refractivity contribution in [3.8, 4) is 0 Å². The van der Waals surface area contributed by atoms with Gasteiger partial charge in [0.05, 0.1) is 0 Å². The van der Waals surface area contributed by atoms with Gasteiger partial charge in [-0.15, -0.1) is 0 Å². The zero-order chi connectivity index (χ0) is 19.8. The molecule has 0 aliphatic carbocycles. The van der Waals surface area contributed by atoms with Crippen LogP contribution in [-0.4, -0.2) is 12.0 Å². The number of carbonyl (C=O) groups is 1. The molecule has 0 heterocycles. The molecule has 0 aromatic heterocycles. The maximum Gasteiger partial charge on any atom is 0.323 e. The van der Waals surface area contributed by atoms with Crippen LogP contribution in [0.15, 0.2) is 83.3 Å². The molecule has 0 fully saturated rings. The molecule has 5 heteroatoms. The van der Waals surface area contributed by atoms with Gasteiger partial charge in [0.2, 0.25) is 0 Å². The highest BCUT2D eigenvalue weighted by Crippen LogP contribution is 2.12. The highest BCUT2D eigenvalue weighted by molar-refractivity contribution is 9.10. The zero-order valence-corrected chi connectivity index (χ0v) is 16.9. The van der Waals surface area contributed by atoms with Crippen molar-refractivity contribution in [2.45, 2.75) is 25.6 Å². The molecule has 0 aliphatic rings. The Morgan fingerprint density at radius 2 is 1.54 bits per heavy atom. The third-order valence-corrected chi connectivity index (χ3v) is 4.86. The minimum absolute atomic E-state index is 0.115. The second-order valence-corrected chi connectivity index (χ2v) is 7.40. The lowest BCUT2D eigenvalue weighted by molar-refractivity contribution is -0.147. The molecular weight excluding hydrogens is 421 g/mol. The molecule has 0 radical (unpaired) electrons. The van der Waals surface area contributed by atoms with Crippen molar-refractivity contribution in [3.63, 3.8) is 0 Å². The number of ether oxygens (including phenoxy) is 1. The second kappa shape index (κ2) is 10.2. The van der Waals surface area contributed by atoms with E-state index in [-0.39, 0.29) is 18.4 Å². The van der Waals surface area contributed by atoms with E-state index in [2.05, 4.69) is 21.2 Å². The van der Waals surface area contributed by atoms with Gasteiger partial charge >= 0.3 is 5.97 Å². The van der Waals surface area contributed by atoms with Crippen LogP contribution in [0.25, 0.3) is 0 Å². The van der Waals surface area contributed by atoms with Gasteiger partial charge in [0.25, 0.3) is 0 Å². The average Bonchev–Trinajstić information content (AvgIpc) is 2.72. The van der Waals surface area contributed by atoms with E-state index in [0.29, 0.717) is 13.0 Å². The van der Waals surface area contributed by atoms with Crippen LogP contribution < -0.4 is 5.32 Å². The van der Waals surface area contributed by atoms with Crippen LogP contribution >= 0.6 is 15.9 Å². The van der Waals surface area contributed by atoms with Gasteiger partial charge in [0.15, 0.2) is 0 Å². The average molecular weight is 442 g/mol. The van der Waals surface area contributed by atoms with Crippen LogP contribution in [0.4, 0.5) is 4.39 Å². The predicted octanol–water partition coefficient (Wildman–Crippen LogP) is 5.03. The zero-order valence-electron chi connectivity index (χ0n) is 15.3. The number of carbonyl (C=O) groups excluding carboxylic acids is 1. The number of nitrogens with one attached hydrogen (secondary N) is 1. The molecule has 144 valence electrons. The smallest absolute Gasteiger partial charge is 0.323 e. The number of benzene rings is 3. The van der Waals surface area contributed by atoms with Gasteiger partial charge in [-0.25, -0.2) is 4.39 Å². The van der Waals surface area contributed by atoms with Crippen molar-refractivity contribution >= 4 is 21.9 Å². The fourth-order valence-corrected chi connectivity index (χ4v) is 3.03. The summed E-state index contributed by atoms with van der Waals surface area (Å²) < 4.78 is 19.5. The maximum absolute atomic E-state index is 13.0. The molecule has 3 aromatic rings. The Labute approximate surface area is 172 Å². The van der Waals surface area contributed by atoms with Crippen LogP contribution in [0, 0.1) is 5.82 Å². The monoisotopic (exact) mass is 441 g/mol. The van der Waals surface area contributed by atoms with Crippen molar-refractivity contribution in [1.29, 1.82) is 0 Å². The Bertz CT molecular complexity index is 883. The normalized spacial score (nSPS) is 11.8. The van der Waals surface area contributed by atoms with Crippen molar-refractivity contribution in [2.24, 2.45) is 0 Å². The first-order chi connectivity index (χ1) is 13.6. The third kappa shape index (κ3) is 6.29. The van der Waals surface area contributed by atoms with Gasteiger partial charge in [0.1, 0.15) is 18.5 Å². The molecule has 0 amide bonds. The Kier molecular flexibility index (Phi) is 7.34. The molecule has 3 nitrogen and oxygen atoms in total. The first-order valence-electron chi connectivity index (χ1n) is 9.03. The Morgan fingerprint density at radius 1 is 0.893 bits per heavy atom. The highest BCUT2D eigenvalue weighted by Gasteiger charge is 2.20. The van der Waals surface area contributed by atoms with Gasteiger partial charge in [0, 0.05) is 11.0 Å². The summed E-state index contributed by atoms with van der Waals surface area (Å²) in [5.41, 5.74) is 2.88. The van der Waals surface area contributed by atoms with Crippen molar-refractivity contribution in [2.75, 3.05) is 0 Å². The van der Waals surface area contributed by atoms with E-state index >= 15 is 0 Å². The van der Waals surface area contributed by atoms with Crippen LogP contribution in [0.3, 0.4) is 0 Å². The van der Waals surface area contributed by atoms with Crippen LogP contribution in [-0.2, 0) is 29.1 Å². The number of esters is 1. The molecule has 3 rings (SSSR count). The minimum Gasteiger partial charge on any atom is -0.460 e. The molecule has 1 atom stereocenters. The summed E-state index contributed by atoms with van der Waals surface area (Å²) in [6.45, 7) is 0.667. The van der Waals surface area contributed by atoms with Crippen molar-refractivity contribution in [3.05, 3.63) is 106 Å². The Hall–Kier alpha value is -2.50. The van der Waals surface area contributed by atoms with Gasteiger partial charge in [-0.1, -0.05) is 70.5 Å². The highest BCUT2D eigenvalue weighted by atomic mass is 79.9. The van der Waals surface area contributed by atoms with Gasteiger partial charge in [-0.2, -0.15) is 0 Å². The molecule has 0 spiro atoms. The molecule has 3 aromatic carbocycles. The van der Waals surface area contributed by atoms with Gasteiger partial charge in [-0.3, -0.25) is 4.79 Å². The number of hydrogen-bond donors (Lipinski definition) is 1. The summed E-state index contributed by atoms with van der Waals surface area (Å²) in [5.74, 6) is -0.640. The van der Waals surface area contributed by atoms with Crippen molar-refractivity contribution < 1.29 is 13.9 Å². The van der Waals surface area contributed by atoms with Crippen LogP contribution in [0.2, 0.25) is 0 Å². The molecule has 28 heavy (non-hydrogen) atoms. The molecule has 0 unspecified atom stereocenters. The summed E-state index contributed by atoms with van der Waals surface area (Å²) in [6, 6.07) is 23.2. The van der Waals surface area contributed by atoms with E-state index < -0.39 is 6.04 Å². The van der Waals surface area contributed by atoms with E-state index in [1.54, 1.807) is 12.1 Å². The first-order valence-corrected chi connectivity index (χ1v) is 9.82. The second-order valence-electron chi connectivity index (χ2n) is 6.48. The summed E-state index contributed by atoms with van der Waals surface area (Å²) in [7, 11) is 0. The van der Waals surface area contributed by atoms with Crippen LogP contribution in [0.5, 0.6) is 0 Å². The quantitative estimate of drug-likeness (QED) is 0.498. The van der Waals surface area contributed by atoms with E-state index in [9.17, 15) is 9.18 Å². The lowest BCUT2D eigenvalue weighted by Gasteiger charge is -2.18. The maximum atomic E-state index is 13.0. The van der Waals surface area contributed by atoms with Gasteiger partial charge < -0.3 is 10.1 Å². The van der Waals surface area contributed by atoms with E-state index in [0.717, 1.165) is 21.2 Å².